The molecule has 1 aliphatic rings. The van der Waals surface area contributed by atoms with Gasteiger partial charge in [-0.3, -0.25) is 9.69 Å². The van der Waals surface area contributed by atoms with E-state index in [1.165, 1.54) is 18.9 Å². The molecule has 1 aliphatic heterocycles. The Labute approximate surface area is 124 Å². The van der Waals surface area contributed by atoms with Gasteiger partial charge < -0.3 is 14.8 Å². The van der Waals surface area contributed by atoms with Gasteiger partial charge in [0, 0.05) is 6.54 Å². The van der Waals surface area contributed by atoms with Crippen molar-refractivity contribution in [2.24, 2.45) is 0 Å². The molecular weight excluding hydrogens is 276 g/mol. The molecule has 2 atom stereocenters. The van der Waals surface area contributed by atoms with Crippen molar-refractivity contribution in [1.82, 2.24) is 10.2 Å². The molecule has 120 valence electrons. The summed E-state index contributed by atoms with van der Waals surface area (Å²) in [5.74, 6) is -0.888. The number of amides is 2. The molecule has 7 nitrogen and oxygen atoms in total. The maximum absolute atomic E-state index is 12.2. The van der Waals surface area contributed by atoms with Crippen molar-refractivity contribution in [2.45, 2.75) is 58.2 Å². The van der Waals surface area contributed by atoms with E-state index in [0.29, 0.717) is 13.0 Å². The predicted octanol–water partition coefficient (Wildman–Crippen LogP) is 1.06. The van der Waals surface area contributed by atoms with Crippen molar-refractivity contribution in [2.75, 3.05) is 13.7 Å². The third-order valence-electron chi connectivity index (χ3n) is 3.10. The van der Waals surface area contributed by atoms with E-state index in [9.17, 15) is 14.4 Å². The van der Waals surface area contributed by atoms with Crippen molar-refractivity contribution in [1.29, 1.82) is 0 Å². The van der Waals surface area contributed by atoms with Gasteiger partial charge in [0.25, 0.3) is 0 Å². The number of esters is 1. The number of ether oxygens (including phenoxy) is 2. The molecule has 1 N–H and O–H groups in total. The van der Waals surface area contributed by atoms with E-state index < -0.39 is 29.7 Å². The number of methoxy groups -OCH3 is 1. The Morgan fingerprint density at radius 2 is 1.90 bits per heavy atom. The fourth-order valence-corrected chi connectivity index (χ4v) is 2.12. The lowest BCUT2D eigenvalue weighted by molar-refractivity contribution is -0.145. The molecule has 0 aliphatic carbocycles. The highest BCUT2D eigenvalue weighted by molar-refractivity contribution is 5.89. The monoisotopic (exact) mass is 300 g/mol. The summed E-state index contributed by atoms with van der Waals surface area (Å²) in [6.07, 6.45) is 0.772. The number of carbonyl (C=O) groups is 3. The van der Waals surface area contributed by atoms with Gasteiger partial charge in [-0.1, -0.05) is 0 Å². The van der Waals surface area contributed by atoms with Crippen molar-refractivity contribution in [3.05, 3.63) is 0 Å². The van der Waals surface area contributed by atoms with Gasteiger partial charge in [0.1, 0.15) is 17.7 Å². The van der Waals surface area contributed by atoms with Crippen LogP contribution in [0.5, 0.6) is 0 Å². The van der Waals surface area contributed by atoms with Gasteiger partial charge in [-0.25, -0.2) is 9.59 Å². The summed E-state index contributed by atoms with van der Waals surface area (Å²) in [5, 5.41) is 2.56. The maximum Gasteiger partial charge on any atom is 0.410 e. The molecule has 0 radical (unpaired) electrons. The first-order chi connectivity index (χ1) is 9.65. The van der Waals surface area contributed by atoms with Gasteiger partial charge in [0.15, 0.2) is 0 Å². The topological polar surface area (TPSA) is 84.9 Å². The standard InChI is InChI=1S/C14H24N2O5/c1-9(12(18)20-5)15-11(17)10-7-6-8-16(10)13(19)21-14(2,3)4/h9-10H,6-8H2,1-5H3,(H,15,17)/t9-,10-/m0/s1. The number of likely N-dealkylation sites (tertiary alicyclic amines) is 1. The van der Waals surface area contributed by atoms with Gasteiger partial charge in [-0.05, 0) is 40.5 Å². The van der Waals surface area contributed by atoms with E-state index >= 15 is 0 Å². The smallest absolute Gasteiger partial charge is 0.410 e. The van der Waals surface area contributed by atoms with Crippen LogP contribution in [-0.2, 0) is 19.1 Å². The molecule has 1 rings (SSSR count). The van der Waals surface area contributed by atoms with Crippen molar-refractivity contribution in [3.63, 3.8) is 0 Å². The third-order valence-corrected chi connectivity index (χ3v) is 3.10. The largest absolute Gasteiger partial charge is 0.467 e. The molecule has 1 fully saturated rings. The average molecular weight is 300 g/mol. The third kappa shape index (κ3) is 4.91. The van der Waals surface area contributed by atoms with Gasteiger partial charge in [-0.15, -0.1) is 0 Å². The Hall–Kier alpha value is -1.79. The highest BCUT2D eigenvalue weighted by Crippen LogP contribution is 2.21. The van der Waals surface area contributed by atoms with E-state index in [2.05, 4.69) is 10.1 Å². The molecule has 2 amide bonds. The summed E-state index contributed by atoms with van der Waals surface area (Å²) in [7, 11) is 1.26. The minimum Gasteiger partial charge on any atom is -0.467 e. The summed E-state index contributed by atoms with van der Waals surface area (Å²) in [6.45, 7) is 7.33. The molecule has 0 bridgehead atoms. The Balaban J connectivity index is 2.66. The van der Waals surface area contributed by atoms with Crippen LogP contribution in [-0.4, -0.2) is 54.2 Å². The Bertz CT molecular complexity index is 416. The number of hydrogen-bond donors (Lipinski definition) is 1. The number of nitrogens with zero attached hydrogens (tertiary/aromatic N) is 1. The van der Waals surface area contributed by atoms with Gasteiger partial charge >= 0.3 is 12.1 Å². The molecule has 7 heteroatoms. The summed E-state index contributed by atoms with van der Waals surface area (Å²) in [6, 6.07) is -1.35. The Morgan fingerprint density at radius 3 is 2.43 bits per heavy atom. The van der Waals surface area contributed by atoms with Crippen molar-refractivity contribution < 1.29 is 23.9 Å². The van der Waals surface area contributed by atoms with Crippen LogP contribution >= 0.6 is 0 Å². The van der Waals surface area contributed by atoms with E-state index in [0.717, 1.165) is 6.42 Å². The molecule has 0 spiro atoms. The molecule has 0 aromatic carbocycles. The highest BCUT2D eigenvalue weighted by atomic mass is 16.6. The van der Waals surface area contributed by atoms with Crippen molar-refractivity contribution in [3.8, 4) is 0 Å². The summed E-state index contributed by atoms with van der Waals surface area (Å²) >= 11 is 0. The average Bonchev–Trinajstić information content (AvgIpc) is 2.84. The summed E-state index contributed by atoms with van der Waals surface area (Å²) in [5.41, 5.74) is -0.611. The highest BCUT2D eigenvalue weighted by Gasteiger charge is 2.37. The number of nitrogens with one attached hydrogen (secondary N) is 1. The molecule has 1 heterocycles. The van der Waals surface area contributed by atoms with E-state index in [4.69, 9.17) is 4.74 Å². The number of rotatable bonds is 3. The lowest BCUT2D eigenvalue weighted by atomic mass is 10.2. The van der Waals surface area contributed by atoms with Gasteiger partial charge in [-0.2, -0.15) is 0 Å². The zero-order valence-electron chi connectivity index (χ0n) is 13.3. The fraction of sp³-hybridized carbons (Fsp3) is 0.786. The van der Waals surface area contributed by atoms with Crippen LogP contribution < -0.4 is 5.32 Å². The number of hydrogen-bond acceptors (Lipinski definition) is 5. The zero-order chi connectivity index (χ0) is 16.2. The minimum atomic E-state index is -0.747. The SMILES string of the molecule is COC(=O)[C@H](C)NC(=O)[C@@H]1CCCN1C(=O)OC(C)(C)C. The molecular formula is C14H24N2O5. The molecule has 0 saturated carbocycles. The normalized spacial score (nSPS) is 19.9. The van der Waals surface area contributed by atoms with Crippen LogP contribution in [0.25, 0.3) is 0 Å². The van der Waals surface area contributed by atoms with Gasteiger partial charge in [0.05, 0.1) is 7.11 Å². The maximum atomic E-state index is 12.2. The zero-order valence-corrected chi connectivity index (χ0v) is 13.3. The first kappa shape index (κ1) is 17.3. The summed E-state index contributed by atoms with van der Waals surface area (Å²) in [4.78, 5) is 37.0. The second kappa shape index (κ2) is 6.78. The van der Waals surface area contributed by atoms with Crippen LogP contribution in [0.15, 0.2) is 0 Å². The molecule has 0 unspecified atom stereocenters. The minimum absolute atomic E-state index is 0.365. The quantitative estimate of drug-likeness (QED) is 0.788. The lowest BCUT2D eigenvalue weighted by Gasteiger charge is -2.28. The van der Waals surface area contributed by atoms with Crippen LogP contribution in [0.1, 0.15) is 40.5 Å². The Morgan fingerprint density at radius 1 is 1.29 bits per heavy atom. The first-order valence-corrected chi connectivity index (χ1v) is 7.03. The second-order valence-corrected chi connectivity index (χ2v) is 6.09. The van der Waals surface area contributed by atoms with Crippen LogP contribution in [0, 0.1) is 0 Å². The van der Waals surface area contributed by atoms with Crippen LogP contribution in [0.2, 0.25) is 0 Å². The van der Waals surface area contributed by atoms with Gasteiger partial charge in [0.2, 0.25) is 5.91 Å². The van der Waals surface area contributed by atoms with E-state index in [1.807, 2.05) is 0 Å². The van der Waals surface area contributed by atoms with Crippen molar-refractivity contribution >= 4 is 18.0 Å². The first-order valence-electron chi connectivity index (χ1n) is 7.03. The van der Waals surface area contributed by atoms with Crippen LogP contribution in [0.3, 0.4) is 0 Å². The summed E-state index contributed by atoms with van der Waals surface area (Å²) < 4.78 is 9.85. The predicted molar refractivity (Wildman–Crippen MR) is 75.6 cm³/mol. The molecule has 21 heavy (non-hydrogen) atoms. The van der Waals surface area contributed by atoms with E-state index in [1.54, 1.807) is 20.8 Å². The molecule has 0 aromatic heterocycles. The molecule has 0 aromatic rings. The number of carbonyl (C=O) groups excluding carboxylic acids is 3. The second-order valence-electron chi connectivity index (χ2n) is 6.09. The lowest BCUT2D eigenvalue weighted by Crippen LogP contribution is -2.51. The van der Waals surface area contributed by atoms with Crippen LogP contribution in [0.4, 0.5) is 4.79 Å². The fourth-order valence-electron chi connectivity index (χ4n) is 2.12. The Kier molecular flexibility index (Phi) is 5.57. The van der Waals surface area contributed by atoms with E-state index in [-0.39, 0.29) is 5.91 Å². The molecule has 1 saturated heterocycles.